The zero-order valence-corrected chi connectivity index (χ0v) is 15.5. The molecule has 4 rings (SSSR count). The first-order valence-corrected chi connectivity index (χ1v) is 9.05. The van der Waals surface area contributed by atoms with Gasteiger partial charge < -0.3 is 5.32 Å². The Morgan fingerprint density at radius 2 is 1.75 bits per heavy atom. The number of amides is 1. The maximum absolute atomic E-state index is 12.3. The zero-order valence-electron chi connectivity index (χ0n) is 12.4. The fourth-order valence-electron chi connectivity index (χ4n) is 3.31. The molecule has 1 unspecified atom stereocenters. The predicted octanol–water partition coefficient (Wildman–Crippen LogP) is 6.38. The number of anilines is 1. The van der Waals surface area contributed by atoms with Crippen molar-refractivity contribution < 1.29 is 4.79 Å². The number of halogens is 3. The lowest BCUT2D eigenvalue weighted by molar-refractivity contribution is -0.116. The highest BCUT2D eigenvalue weighted by molar-refractivity contribution is 9.10. The summed E-state index contributed by atoms with van der Waals surface area (Å²) in [5.41, 5.74) is 2.84. The minimum absolute atomic E-state index is 0.00834. The molecule has 0 radical (unpaired) electrons. The molecule has 0 spiro atoms. The summed E-state index contributed by atoms with van der Waals surface area (Å²) >= 11 is 16.1. The Morgan fingerprint density at radius 1 is 1.00 bits per heavy atom. The van der Waals surface area contributed by atoms with Crippen LogP contribution < -0.4 is 5.32 Å². The average molecular weight is 421 g/mol. The molecule has 24 heavy (non-hydrogen) atoms. The van der Waals surface area contributed by atoms with Crippen molar-refractivity contribution in [3.63, 3.8) is 0 Å². The molecule has 120 valence electrons. The van der Waals surface area contributed by atoms with Crippen molar-refractivity contribution in [1.29, 1.82) is 0 Å². The van der Waals surface area contributed by atoms with Crippen LogP contribution in [0, 0.1) is 0 Å². The molecular weight excluding hydrogens is 409 g/mol. The van der Waals surface area contributed by atoms with Crippen LogP contribution >= 0.6 is 39.1 Å². The highest BCUT2D eigenvalue weighted by atomic mass is 79.9. The van der Waals surface area contributed by atoms with E-state index in [1.807, 2.05) is 36.4 Å². The smallest absolute Gasteiger partial charge is 0.225 e. The van der Waals surface area contributed by atoms with Crippen molar-refractivity contribution in [2.24, 2.45) is 0 Å². The fourth-order valence-corrected chi connectivity index (χ4v) is 4.45. The first kappa shape index (κ1) is 15.9. The van der Waals surface area contributed by atoms with E-state index in [0.29, 0.717) is 16.5 Å². The number of rotatable bonds is 1. The summed E-state index contributed by atoms with van der Waals surface area (Å²) in [6.45, 7) is 0. The Hall–Kier alpha value is -1.55. The van der Waals surface area contributed by atoms with E-state index in [-0.39, 0.29) is 11.8 Å². The van der Waals surface area contributed by atoms with Crippen molar-refractivity contribution in [2.75, 3.05) is 5.32 Å². The normalized spacial score (nSPS) is 16.8. The van der Waals surface area contributed by atoms with Crippen LogP contribution in [0.1, 0.15) is 23.5 Å². The number of fused-ring (bicyclic) bond motifs is 3. The Labute approximate surface area is 157 Å². The van der Waals surface area contributed by atoms with E-state index in [4.69, 9.17) is 23.2 Å². The van der Waals surface area contributed by atoms with E-state index in [1.54, 1.807) is 6.07 Å². The molecule has 1 aliphatic rings. The van der Waals surface area contributed by atoms with Gasteiger partial charge in [0, 0.05) is 32.2 Å². The van der Waals surface area contributed by atoms with Crippen molar-refractivity contribution in [2.45, 2.75) is 12.3 Å². The van der Waals surface area contributed by atoms with E-state index in [9.17, 15) is 4.79 Å². The molecule has 0 saturated carbocycles. The topological polar surface area (TPSA) is 29.1 Å². The van der Waals surface area contributed by atoms with Crippen LogP contribution in [0.15, 0.2) is 53.0 Å². The molecule has 1 amide bonds. The molecule has 3 aromatic rings. The van der Waals surface area contributed by atoms with Crippen molar-refractivity contribution in [3.05, 3.63) is 74.2 Å². The van der Waals surface area contributed by atoms with Crippen LogP contribution in [0.2, 0.25) is 10.0 Å². The molecule has 0 bridgehead atoms. The van der Waals surface area contributed by atoms with Crippen LogP contribution in [0.25, 0.3) is 10.8 Å². The first-order chi connectivity index (χ1) is 11.5. The number of nitrogens with one attached hydrogen (secondary N) is 1. The van der Waals surface area contributed by atoms with Gasteiger partial charge in [0.2, 0.25) is 5.91 Å². The lowest BCUT2D eigenvalue weighted by atomic mass is 9.83. The molecule has 2 nitrogen and oxygen atoms in total. The van der Waals surface area contributed by atoms with Gasteiger partial charge in [-0.25, -0.2) is 0 Å². The standard InChI is InChI=1S/C19H12BrCl2NO/c20-16-8-15-14(12-6-5-10(21)7-17(12)22)9-18(24)23-19(15)13-4-2-1-3-11(13)16/h1-8,14H,9H2,(H,23,24). The van der Waals surface area contributed by atoms with Gasteiger partial charge in [-0.3, -0.25) is 4.79 Å². The van der Waals surface area contributed by atoms with E-state index in [1.165, 1.54) is 0 Å². The average Bonchev–Trinajstić information content (AvgIpc) is 2.56. The largest absolute Gasteiger partial charge is 0.325 e. The maximum Gasteiger partial charge on any atom is 0.225 e. The van der Waals surface area contributed by atoms with Gasteiger partial charge in [-0.2, -0.15) is 0 Å². The third-order valence-corrected chi connectivity index (χ3v) is 5.61. The summed E-state index contributed by atoms with van der Waals surface area (Å²) in [6.07, 6.45) is 0.360. The minimum Gasteiger partial charge on any atom is -0.325 e. The Morgan fingerprint density at radius 3 is 2.50 bits per heavy atom. The maximum atomic E-state index is 12.3. The molecule has 0 saturated heterocycles. The van der Waals surface area contributed by atoms with Gasteiger partial charge >= 0.3 is 0 Å². The second-order valence-corrected chi connectivity index (χ2v) is 7.54. The van der Waals surface area contributed by atoms with Gasteiger partial charge in [-0.15, -0.1) is 0 Å². The highest BCUT2D eigenvalue weighted by Gasteiger charge is 2.29. The van der Waals surface area contributed by atoms with Gasteiger partial charge in [-0.1, -0.05) is 69.5 Å². The summed E-state index contributed by atoms with van der Waals surface area (Å²) in [4.78, 5) is 12.3. The fraction of sp³-hybridized carbons (Fsp3) is 0.105. The molecular formula is C19H12BrCl2NO. The van der Waals surface area contributed by atoms with Crippen molar-refractivity contribution in [3.8, 4) is 0 Å². The van der Waals surface area contributed by atoms with Crippen LogP contribution in [-0.2, 0) is 4.79 Å². The second kappa shape index (κ2) is 6.07. The van der Waals surface area contributed by atoms with Gasteiger partial charge in [0.1, 0.15) is 0 Å². The van der Waals surface area contributed by atoms with E-state index in [0.717, 1.165) is 32.1 Å². The Kier molecular flexibility index (Phi) is 4.03. The summed E-state index contributed by atoms with van der Waals surface area (Å²) in [7, 11) is 0. The molecule has 1 N–H and O–H groups in total. The number of benzene rings is 3. The number of carbonyl (C=O) groups is 1. The van der Waals surface area contributed by atoms with Crippen LogP contribution in [0.5, 0.6) is 0 Å². The number of hydrogen-bond acceptors (Lipinski definition) is 1. The third-order valence-electron chi connectivity index (χ3n) is 4.39. The van der Waals surface area contributed by atoms with Gasteiger partial charge in [0.15, 0.2) is 0 Å². The molecule has 1 aliphatic heterocycles. The van der Waals surface area contributed by atoms with Gasteiger partial charge in [-0.05, 0) is 34.7 Å². The molecule has 0 fully saturated rings. The Balaban J connectivity index is 1.99. The van der Waals surface area contributed by atoms with Gasteiger partial charge in [0.25, 0.3) is 0 Å². The lowest BCUT2D eigenvalue weighted by Gasteiger charge is -2.28. The summed E-state index contributed by atoms with van der Waals surface area (Å²) in [5.74, 6) is -0.106. The number of hydrogen-bond donors (Lipinski definition) is 1. The van der Waals surface area contributed by atoms with E-state index in [2.05, 4.69) is 27.3 Å². The molecule has 0 aromatic heterocycles. The van der Waals surface area contributed by atoms with Crippen LogP contribution in [-0.4, -0.2) is 5.91 Å². The molecule has 1 atom stereocenters. The van der Waals surface area contributed by atoms with E-state index >= 15 is 0 Å². The zero-order chi connectivity index (χ0) is 16.8. The summed E-state index contributed by atoms with van der Waals surface area (Å²) in [5, 5.41) is 6.29. The van der Waals surface area contributed by atoms with Crippen molar-refractivity contribution in [1.82, 2.24) is 0 Å². The number of carbonyl (C=O) groups excluding carboxylic acids is 1. The second-order valence-electron chi connectivity index (χ2n) is 5.84. The van der Waals surface area contributed by atoms with E-state index < -0.39 is 0 Å². The quantitative estimate of drug-likeness (QED) is 0.485. The lowest BCUT2D eigenvalue weighted by Crippen LogP contribution is -2.24. The SMILES string of the molecule is O=C1CC(c2ccc(Cl)cc2Cl)c2cc(Br)c3ccccc3c2N1. The monoisotopic (exact) mass is 419 g/mol. The molecule has 1 heterocycles. The van der Waals surface area contributed by atoms with Crippen LogP contribution in [0.4, 0.5) is 5.69 Å². The third kappa shape index (κ3) is 2.61. The Bertz CT molecular complexity index is 987. The minimum atomic E-state index is -0.0978. The molecule has 5 heteroatoms. The summed E-state index contributed by atoms with van der Waals surface area (Å²) in [6, 6.07) is 15.5. The summed E-state index contributed by atoms with van der Waals surface area (Å²) < 4.78 is 1.00. The van der Waals surface area contributed by atoms with Gasteiger partial charge in [0.05, 0.1) is 5.69 Å². The van der Waals surface area contributed by atoms with Crippen molar-refractivity contribution >= 4 is 61.5 Å². The first-order valence-electron chi connectivity index (χ1n) is 7.50. The van der Waals surface area contributed by atoms with Crippen LogP contribution in [0.3, 0.4) is 0 Å². The highest BCUT2D eigenvalue weighted by Crippen LogP contribution is 2.45. The molecule has 3 aromatic carbocycles. The predicted molar refractivity (Wildman–Crippen MR) is 103 cm³/mol. The molecule has 0 aliphatic carbocycles.